The summed E-state index contributed by atoms with van der Waals surface area (Å²) in [6, 6.07) is 12.6. The van der Waals surface area contributed by atoms with Gasteiger partial charge in [-0.2, -0.15) is 0 Å². The van der Waals surface area contributed by atoms with Gasteiger partial charge in [-0.15, -0.1) is 0 Å². The Bertz CT molecular complexity index is 679. The molecule has 0 aliphatic carbocycles. The van der Waals surface area contributed by atoms with E-state index >= 15 is 0 Å². The van der Waals surface area contributed by atoms with Crippen LogP contribution in [-0.2, 0) is 0 Å². The molecule has 0 radical (unpaired) electrons. The van der Waals surface area contributed by atoms with E-state index in [4.69, 9.17) is 18.0 Å². The lowest BCUT2D eigenvalue weighted by atomic mass is 10.1. The fraction of sp³-hybridized carbons (Fsp3) is 0.0667. The molecule has 0 aromatic heterocycles. The van der Waals surface area contributed by atoms with Crippen molar-refractivity contribution in [1.82, 2.24) is 5.32 Å². The second kappa shape index (κ2) is 6.78. The second-order valence-corrected chi connectivity index (χ2v) is 5.73. The first kappa shape index (κ1) is 15.6. The lowest BCUT2D eigenvalue weighted by Gasteiger charge is -2.18. The van der Waals surface area contributed by atoms with Crippen LogP contribution in [0.2, 0.25) is 0 Å². The smallest absolute Gasteiger partial charge is 0.255 e. The highest BCUT2D eigenvalue weighted by molar-refractivity contribution is 9.10. The zero-order valence-electron chi connectivity index (χ0n) is 10.8. The highest BCUT2D eigenvalue weighted by Gasteiger charge is 2.20. The van der Waals surface area contributed by atoms with Crippen molar-refractivity contribution in [2.45, 2.75) is 6.04 Å². The maximum atomic E-state index is 13.8. The quantitative estimate of drug-likeness (QED) is 0.815. The van der Waals surface area contributed by atoms with Crippen LogP contribution in [0.1, 0.15) is 22.0 Å². The van der Waals surface area contributed by atoms with Gasteiger partial charge < -0.3 is 11.1 Å². The number of nitrogens with two attached hydrogens (primary N) is 1. The summed E-state index contributed by atoms with van der Waals surface area (Å²) in [6.07, 6.45) is 0. The van der Waals surface area contributed by atoms with Crippen LogP contribution < -0.4 is 11.1 Å². The minimum atomic E-state index is -0.642. The van der Waals surface area contributed by atoms with E-state index in [0.29, 0.717) is 4.47 Å². The third kappa shape index (κ3) is 3.86. The molecule has 2 aromatic carbocycles. The summed E-state index contributed by atoms with van der Waals surface area (Å²) >= 11 is 8.13. The van der Waals surface area contributed by atoms with Crippen molar-refractivity contribution >= 4 is 39.0 Å². The van der Waals surface area contributed by atoms with Crippen LogP contribution in [0.5, 0.6) is 0 Å². The van der Waals surface area contributed by atoms with Crippen LogP contribution in [0.3, 0.4) is 0 Å². The van der Waals surface area contributed by atoms with Gasteiger partial charge in [0.05, 0.1) is 5.56 Å². The Kier molecular flexibility index (Phi) is 5.03. The lowest BCUT2D eigenvalue weighted by molar-refractivity contribution is 0.0943. The number of hydrogen-bond donors (Lipinski definition) is 2. The number of benzene rings is 2. The van der Waals surface area contributed by atoms with E-state index in [1.54, 1.807) is 18.2 Å². The third-order valence-corrected chi connectivity index (χ3v) is 3.60. The van der Waals surface area contributed by atoms with Gasteiger partial charge in [0.25, 0.3) is 5.91 Å². The molecule has 3 nitrogen and oxygen atoms in total. The highest BCUT2D eigenvalue weighted by Crippen LogP contribution is 2.18. The number of halogens is 2. The fourth-order valence-corrected chi connectivity index (χ4v) is 2.37. The number of carbonyl (C=O) groups excluding carboxylic acids is 1. The molecule has 1 amide bonds. The van der Waals surface area contributed by atoms with E-state index in [0.717, 1.165) is 5.56 Å². The monoisotopic (exact) mass is 366 g/mol. The molecule has 0 spiro atoms. The van der Waals surface area contributed by atoms with Gasteiger partial charge in [-0.05, 0) is 23.8 Å². The Labute approximate surface area is 135 Å². The molecule has 2 aromatic rings. The summed E-state index contributed by atoms with van der Waals surface area (Å²) < 4.78 is 14.4. The summed E-state index contributed by atoms with van der Waals surface area (Å²) in [4.78, 5) is 12.3. The Hall–Kier alpha value is -1.79. The summed E-state index contributed by atoms with van der Waals surface area (Å²) in [7, 11) is 0. The third-order valence-electron chi connectivity index (χ3n) is 2.87. The van der Waals surface area contributed by atoms with Crippen molar-refractivity contribution in [2.24, 2.45) is 5.73 Å². The van der Waals surface area contributed by atoms with Crippen LogP contribution in [0.15, 0.2) is 53.0 Å². The number of rotatable bonds is 4. The summed E-state index contributed by atoms with van der Waals surface area (Å²) in [6.45, 7) is 0. The second-order valence-electron chi connectivity index (χ2n) is 4.34. The SMILES string of the molecule is NC(=S)C(NC(=O)c1ccc(Br)cc1F)c1ccccc1. The largest absolute Gasteiger partial charge is 0.391 e. The Balaban J connectivity index is 2.25. The molecule has 2 rings (SSSR count). The molecule has 1 unspecified atom stereocenters. The maximum absolute atomic E-state index is 13.8. The zero-order chi connectivity index (χ0) is 15.4. The summed E-state index contributed by atoms with van der Waals surface area (Å²) in [5.74, 6) is -1.18. The number of amides is 1. The normalized spacial score (nSPS) is 11.7. The standard InChI is InChI=1S/C15H12BrFN2OS/c16-10-6-7-11(12(17)8-10)15(20)19-13(14(18)21)9-4-2-1-3-5-9/h1-8,13H,(H2,18,21)(H,19,20). The van der Waals surface area contributed by atoms with Crippen LogP contribution in [-0.4, -0.2) is 10.9 Å². The lowest BCUT2D eigenvalue weighted by Crippen LogP contribution is -2.36. The molecule has 0 heterocycles. The first-order chi connectivity index (χ1) is 9.99. The van der Waals surface area contributed by atoms with Crippen LogP contribution in [0.25, 0.3) is 0 Å². The molecule has 0 saturated heterocycles. The first-order valence-corrected chi connectivity index (χ1v) is 7.29. The molecular formula is C15H12BrFN2OS. The molecule has 1 atom stereocenters. The highest BCUT2D eigenvalue weighted by atomic mass is 79.9. The average molecular weight is 367 g/mol. The number of carbonyl (C=O) groups is 1. The van der Waals surface area contributed by atoms with E-state index in [1.165, 1.54) is 12.1 Å². The number of nitrogens with one attached hydrogen (secondary N) is 1. The van der Waals surface area contributed by atoms with Gasteiger partial charge in [-0.25, -0.2) is 4.39 Å². The van der Waals surface area contributed by atoms with Crippen LogP contribution in [0, 0.1) is 5.82 Å². The van der Waals surface area contributed by atoms with Crippen molar-refractivity contribution in [3.8, 4) is 0 Å². The van der Waals surface area contributed by atoms with Crippen molar-refractivity contribution in [2.75, 3.05) is 0 Å². The minimum absolute atomic E-state index is 0.0598. The van der Waals surface area contributed by atoms with Crippen molar-refractivity contribution in [3.63, 3.8) is 0 Å². The van der Waals surface area contributed by atoms with Crippen LogP contribution in [0.4, 0.5) is 4.39 Å². The molecule has 3 N–H and O–H groups in total. The van der Waals surface area contributed by atoms with E-state index in [-0.39, 0.29) is 10.6 Å². The molecule has 0 fully saturated rings. The fourth-order valence-electron chi connectivity index (χ4n) is 1.85. The number of hydrogen-bond acceptors (Lipinski definition) is 2. The van der Waals surface area contributed by atoms with Crippen molar-refractivity contribution in [3.05, 3.63) is 69.9 Å². The van der Waals surface area contributed by atoms with Gasteiger partial charge in [0.1, 0.15) is 16.8 Å². The van der Waals surface area contributed by atoms with Crippen molar-refractivity contribution in [1.29, 1.82) is 0 Å². The van der Waals surface area contributed by atoms with Crippen LogP contribution >= 0.6 is 28.1 Å². The zero-order valence-corrected chi connectivity index (χ0v) is 13.2. The molecule has 6 heteroatoms. The predicted octanol–water partition coefficient (Wildman–Crippen LogP) is 3.35. The summed E-state index contributed by atoms with van der Waals surface area (Å²) in [5, 5.41) is 2.65. The molecule has 21 heavy (non-hydrogen) atoms. The van der Waals surface area contributed by atoms with E-state index in [2.05, 4.69) is 21.2 Å². The van der Waals surface area contributed by atoms with Gasteiger partial charge in [0.2, 0.25) is 0 Å². The van der Waals surface area contributed by atoms with Crippen molar-refractivity contribution < 1.29 is 9.18 Å². The number of thiocarbonyl (C=S) groups is 1. The van der Waals surface area contributed by atoms with E-state index < -0.39 is 17.8 Å². The molecule has 0 bridgehead atoms. The summed E-state index contributed by atoms with van der Waals surface area (Å²) in [5.41, 5.74) is 6.36. The Morgan fingerprint density at radius 2 is 1.90 bits per heavy atom. The Morgan fingerprint density at radius 1 is 1.24 bits per heavy atom. The molecule has 0 aliphatic rings. The van der Waals surface area contributed by atoms with Gasteiger partial charge in [0, 0.05) is 4.47 Å². The average Bonchev–Trinajstić information content (AvgIpc) is 2.45. The first-order valence-electron chi connectivity index (χ1n) is 6.09. The molecule has 0 saturated carbocycles. The van der Waals surface area contributed by atoms with Gasteiger partial charge in [-0.1, -0.05) is 58.5 Å². The predicted molar refractivity (Wildman–Crippen MR) is 87.5 cm³/mol. The van der Waals surface area contributed by atoms with E-state index in [1.807, 2.05) is 18.2 Å². The van der Waals surface area contributed by atoms with E-state index in [9.17, 15) is 9.18 Å². The molecular weight excluding hydrogens is 355 g/mol. The minimum Gasteiger partial charge on any atom is -0.391 e. The Morgan fingerprint density at radius 3 is 2.48 bits per heavy atom. The maximum Gasteiger partial charge on any atom is 0.255 e. The topological polar surface area (TPSA) is 55.1 Å². The van der Waals surface area contributed by atoms with Gasteiger partial charge in [0.15, 0.2) is 0 Å². The van der Waals surface area contributed by atoms with Gasteiger partial charge >= 0.3 is 0 Å². The van der Waals surface area contributed by atoms with Gasteiger partial charge in [-0.3, -0.25) is 4.79 Å². The molecule has 0 aliphatic heterocycles. The molecule has 108 valence electrons.